The predicted molar refractivity (Wildman–Crippen MR) is 89.1 cm³/mol. The Hall–Kier alpha value is -1.69. The molecule has 0 aliphatic carbocycles. The number of hydrogen-bond donors (Lipinski definition) is 2. The van der Waals surface area contributed by atoms with Gasteiger partial charge in [0, 0.05) is 21.7 Å². The number of aliphatic hydroxyl groups is 1. The zero-order valence-electron chi connectivity index (χ0n) is 12.7. The van der Waals surface area contributed by atoms with Crippen LogP contribution in [0.1, 0.15) is 18.1 Å². The summed E-state index contributed by atoms with van der Waals surface area (Å²) in [5, 5.41) is 13.6. The van der Waals surface area contributed by atoms with Crippen LogP contribution in [0.15, 0.2) is 36.4 Å². The van der Waals surface area contributed by atoms with Crippen LogP contribution < -0.4 is 5.32 Å². The molecule has 0 saturated carbocycles. The molecule has 2 rings (SSSR count). The van der Waals surface area contributed by atoms with E-state index in [1.807, 2.05) is 0 Å². The molecule has 1 amide bonds. The van der Waals surface area contributed by atoms with Crippen LogP contribution in [0.25, 0.3) is 0 Å². The zero-order chi connectivity index (χ0) is 17.9. The third-order valence-corrected chi connectivity index (χ3v) is 4.25. The Bertz CT molecular complexity index is 746. The highest BCUT2D eigenvalue weighted by Crippen LogP contribution is 2.26. The van der Waals surface area contributed by atoms with E-state index >= 15 is 0 Å². The van der Waals surface area contributed by atoms with E-state index < -0.39 is 23.1 Å². The number of carbonyl (C=O) groups is 1. The third-order valence-electron chi connectivity index (χ3n) is 3.54. The minimum absolute atomic E-state index is 0.0829. The molecule has 0 bridgehead atoms. The Balaban J connectivity index is 2.05. The normalized spacial score (nSPS) is 13.4. The lowest BCUT2D eigenvalue weighted by molar-refractivity contribution is -0.121. The SMILES string of the molecule is CC(O)(CNC(=O)Cc1c(Cl)cccc1Cl)c1ccc(F)cc1F. The highest BCUT2D eigenvalue weighted by Gasteiger charge is 2.27. The summed E-state index contributed by atoms with van der Waals surface area (Å²) in [6.45, 7) is 1.07. The van der Waals surface area contributed by atoms with Crippen molar-refractivity contribution < 1.29 is 18.7 Å². The zero-order valence-corrected chi connectivity index (χ0v) is 14.3. The molecule has 7 heteroatoms. The molecule has 24 heavy (non-hydrogen) atoms. The Kier molecular flexibility index (Phi) is 5.80. The van der Waals surface area contributed by atoms with E-state index in [-0.39, 0.29) is 18.5 Å². The van der Waals surface area contributed by atoms with Crippen LogP contribution in [-0.4, -0.2) is 17.6 Å². The van der Waals surface area contributed by atoms with Gasteiger partial charge in [0.2, 0.25) is 5.91 Å². The summed E-state index contributed by atoms with van der Waals surface area (Å²) in [5.74, 6) is -2.07. The lowest BCUT2D eigenvalue weighted by Crippen LogP contribution is -2.39. The average molecular weight is 374 g/mol. The number of rotatable bonds is 5. The second-order valence-corrected chi connectivity index (χ2v) is 6.37. The number of nitrogens with one attached hydrogen (secondary N) is 1. The van der Waals surface area contributed by atoms with E-state index in [2.05, 4.69) is 5.32 Å². The minimum atomic E-state index is -1.70. The first-order chi connectivity index (χ1) is 11.2. The summed E-state index contributed by atoms with van der Waals surface area (Å²) < 4.78 is 26.7. The van der Waals surface area contributed by atoms with E-state index in [4.69, 9.17) is 23.2 Å². The third kappa shape index (κ3) is 4.44. The number of benzene rings is 2. The molecule has 3 nitrogen and oxygen atoms in total. The molecule has 0 aromatic heterocycles. The minimum Gasteiger partial charge on any atom is -0.383 e. The van der Waals surface area contributed by atoms with Crippen LogP contribution in [0.3, 0.4) is 0 Å². The Morgan fingerprint density at radius 2 is 1.83 bits per heavy atom. The van der Waals surface area contributed by atoms with E-state index in [0.717, 1.165) is 12.1 Å². The molecule has 128 valence electrons. The lowest BCUT2D eigenvalue weighted by atomic mass is 9.95. The Morgan fingerprint density at radius 1 is 1.21 bits per heavy atom. The van der Waals surface area contributed by atoms with Gasteiger partial charge in [-0.15, -0.1) is 0 Å². The van der Waals surface area contributed by atoms with Crippen LogP contribution in [0, 0.1) is 11.6 Å². The summed E-state index contributed by atoms with van der Waals surface area (Å²) in [7, 11) is 0. The molecule has 0 radical (unpaired) electrons. The van der Waals surface area contributed by atoms with Crippen molar-refractivity contribution in [1.29, 1.82) is 0 Å². The van der Waals surface area contributed by atoms with Crippen molar-refractivity contribution in [2.45, 2.75) is 18.9 Å². The van der Waals surface area contributed by atoms with Gasteiger partial charge in [-0.1, -0.05) is 35.3 Å². The quantitative estimate of drug-likeness (QED) is 0.836. The second kappa shape index (κ2) is 7.47. The van der Waals surface area contributed by atoms with Crippen molar-refractivity contribution in [2.75, 3.05) is 6.54 Å². The van der Waals surface area contributed by atoms with Crippen molar-refractivity contribution in [1.82, 2.24) is 5.32 Å². The molecular formula is C17H15Cl2F2NO2. The summed E-state index contributed by atoms with van der Waals surface area (Å²) in [5.41, 5.74) is -1.34. The van der Waals surface area contributed by atoms with Gasteiger partial charge in [-0.2, -0.15) is 0 Å². The topological polar surface area (TPSA) is 49.3 Å². The van der Waals surface area contributed by atoms with Gasteiger partial charge >= 0.3 is 0 Å². The van der Waals surface area contributed by atoms with Crippen molar-refractivity contribution in [3.8, 4) is 0 Å². The van der Waals surface area contributed by atoms with E-state index in [0.29, 0.717) is 21.7 Å². The molecule has 2 aromatic carbocycles. The lowest BCUT2D eigenvalue weighted by Gasteiger charge is -2.25. The van der Waals surface area contributed by atoms with Crippen LogP contribution in [0.4, 0.5) is 8.78 Å². The fraction of sp³-hybridized carbons (Fsp3) is 0.235. The maximum Gasteiger partial charge on any atom is 0.224 e. The smallest absolute Gasteiger partial charge is 0.224 e. The van der Waals surface area contributed by atoms with Crippen LogP contribution in [0.5, 0.6) is 0 Å². The first-order valence-electron chi connectivity index (χ1n) is 7.08. The molecular weight excluding hydrogens is 359 g/mol. The van der Waals surface area contributed by atoms with Crippen LogP contribution in [0.2, 0.25) is 10.0 Å². The van der Waals surface area contributed by atoms with Crippen LogP contribution in [-0.2, 0) is 16.8 Å². The largest absolute Gasteiger partial charge is 0.383 e. The van der Waals surface area contributed by atoms with Crippen molar-refractivity contribution in [2.24, 2.45) is 0 Å². The van der Waals surface area contributed by atoms with Gasteiger partial charge in [-0.3, -0.25) is 4.79 Å². The molecule has 0 aliphatic rings. The monoisotopic (exact) mass is 373 g/mol. The molecule has 0 aliphatic heterocycles. The van der Waals surface area contributed by atoms with E-state index in [9.17, 15) is 18.7 Å². The highest BCUT2D eigenvalue weighted by atomic mass is 35.5. The fourth-order valence-electron chi connectivity index (χ4n) is 2.22. The second-order valence-electron chi connectivity index (χ2n) is 5.55. The number of halogens is 4. The van der Waals surface area contributed by atoms with E-state index in [1.165, 1.54) is 6.92 Å². The van der Waals surface area contributed by atoms with Crippen molar-refractivity contribution in [3.05, 3.63) is 69.2 Å². The number of hydrogen-bond acceptors (Lipinski definition) is 2. The standard InChI is InChI=1S/C17H15Cl2F2NO2/c1-17(24,12-6-5-10(20)7-15(12)21)9-22-16(23)8-11-13(18)3-2-4-14(11)19/h2-7,24H,8-9H2,1H3,(H,22,23). The van der Waals surface area contributed by atoms with Gasteiger partial charge in [-0.05, 0) is 30.7 Å². The van der Waals surface area contributed by atoms with Crippen molar-refractivity contribution in [3.63, 3.8) is 0 Å². The number of carbonyl (C=O) groups excluding carboxylic acids is 1. The van der Waals surface area contributed by atoms with Gasteiger partial charge in [0.25, 0.3) is 0 Å². The fourth-order valence-corrected chi connectivity index (χ4v) is 2.75. The molecule has 1 atom stereocenters. The van der Waals surface area contributed by atoms with Gasteiger partial charge in [-0.25, -0.2) is 8.78 Å². The van der Waals surface area contributed by atoms with Gasteiger partial charge in [0.1, 0.15) is 17.2 Å². The Morgan fingerprint density at radius 3 is 2.42 bits per heavy atom. The van der Waals surface area contributed by atoms with Crippen LogP contribution >= 0.6 is 23.2 Å². The van der Waals surface area contributed by atoms with Crippen molar-refractivity contribution >= 4 is 29.1 Å². The first kappa shape index (κ1) is 18.6. The number of amides is 1. The molecule has 0 fully saturated rings. The maximum absolute atomic E-state index is 13.8. The summed E-state index contributed by atoms with van der Waals surface area (Å²) in [6.07, 6.45) is -0.0829. The first-order valence-corrected chi connectivity index (χ1v) is 7.84. The van der Waals surface area contributed by atoms with Gasteiger partial charge in [0.15, 0.2) is 0 Å². The molecule has 2 N–H and O–H groups in total. The maximum atomic E-state index is 13.8. The molecule has 1 unspecified atom stereocenters. The molecule has 0 spiro atoms. The summed E-state index contributed by atoms with van der Waals surface area (Å²) in [4.78, 5) is 12.0. The summed E-state index contributed by atoms with van der Waals surface area (Å²) in [6, 6.07) is 7.74. The van der Waals surface area contributed by atoms with Gasteiger partial charge in [0.05, 0.1) is 13.0 Å². The highest BCUT2D eigenvalue weighted by molar-refractivity contribution is 6.36. The van der Waals surface area contributed by atoms with E-state index in [1.54, 1.807) is 18.2 Å². The van der Waals surface area contributed by atoms with Gasteiger partial charge < -0.3 is 10.4 Å². The Labute approximate surface area is 148 Å². The average Bonchev–Trinajstić information content (AvgIpc) is 2.49. The molecule has 0 saturated heterocycles. The molecule has 2 aromatic rings. The molecule has 0 heterocycles. The summed E-state index contributed by atoms with van der Waals surface area (Å²) >= 11 is 12.0. The predicted octanol–water partition coefficient (Wildman–Crippen LogP) is 3.84.